The molecule has 0 bridgehead atoms. The van der Waals surface area contributed by atoms with Crippen molar-refractivity contribution in [2.75, 3.05) is 52.9 Å². The van der Waals surface area contributed by atoms with Crippen LogP contribution < -0.4 is 5.32 Å². The maximum Gasteiger partial charge on any atom is 0.193 e. The van der Waals surface area contributed by atoms with Crippen LogP contribution in [0.15, 0.2) is 35.3 Å². The van der Waals surface area contributed by atoms with E-state index in [1.807, 2.05) is 13.1 Å². The van der Waals surface area contributed by atoms with Gasteiger partial charge in [0.25, 0.3) is 0 Å². The van der Waals surface area contributed by atoms with E-state index in [-0.39, 0.29) is 24.0 Å². The molecule has 0 amide bonds. The molecule has 1 heterocycles. The summed E-state index contributed by atoms with van der Waals surface area (Å²) >= 11 is 0. The molecule has 1 unspecified atom stereocenters. The molecule has 0 radical (unpaired) electrons. The van der Waals surface area contributed by atoms with E-state index in [1.54, 1.807) is 0 Å². The monoisotopic (exact) mass is 502 g/mol. The predicted molar refractivity (Wildman–Crippen MR) is 130 cm³/mol. The summed E-state index contributed by atoms with van der Waals surface area (Å²) in [5.74, 6) is 1.64. The molecule has 1 N–H and O–H groups in total. The second-order valence-electron chi connectivity index (χ2n) is 7.31. The molecule has 0 spiro atoms. The fourth-order valence-electron chi connectivity index (χ4n) is 3.61. The Morgan fingerprint density at radius 3 is 2.64 bits per heavy atom. The molecule has 1 aromatic rings. The van der Waals surface area contributed by atoms with Crippen LogP contribution in [-0.4, -0.2) is 68.7 Å². The number of likely N-dealkylation sites (tertiary alicyclic amines) is 1. The first-order valence-electron chi connectivity index (χ1n) is 10.6. The Balaban J connectivity index is 0.00000392. The molecule has 6 heteroatoms. The summed E-state index contributed by atoms with van der Waals surface area (Å²) in [6, 6.07) is 10.4. The second kappa shape index (κ2) is 15.0. The molecule has 1 aliphatic heterocycles. The molecule has 0 aromatic heterocycles. The van der Waals surface area contributed by atoms with Crippen molar-refractivity contribution < 1.29 is 4.74 Å². The van der Waals surface area contributed by atoms with Gasteiger partial charge in [0.1, 0.15) is 0 Å². The third-order valence-corrected chi connectivity index (χ3v) is 5.34. The molecule has 1 aromatic carbocycles. The highest BCUT2D eigenvalue weighted by atomic mass is 127. The SMILES string of the molecule is CCN(CC)CCCCNC(=NC)N1CCC(COCc2ccccc2)C1.I. The summed E-state index contributed by atoms with van der Waals surface area (Å²) in [7, 11) is 1.89. The van der Waals surface area contributed by atoms with E-state index < -0.39 is 0 Å². The minimum absolute atomic E-state index is 0. The van der Waals surface area contributed by atoms with Gasteiger partial charge in [0.15, 0.2) is 5.96 Å². The fourth-order valence-corrected chi connectivity index (χ4v) is 3.61. The number of rotatable bonds is 11. The minimum atomic E-state index is 0. The molecule has 1 fully saturated rings. The highest BCUT2D eigenvalue weighted by Crippen LogP contribution is 2.17. The molecule has 0 saturated carbocycles. The van der Waals surface area contributed by atoms with Gasteiger partial charge < -0.3 is 19.9 Å². The van der Waals surface area contributed by atoms with Gasteiger partial charge in [0, 0.05) is 32.6 Å². The van der Waals surface area contributed by atoms with Crippen LogP contribution in [0.5, 0.6) is 0 Å². The third-order valence-electron chi connectivity index (χ3n) is 5.34. The van der Waals surface area contributed by atoms with Gasteiger partial charge >= 0.3 is 0 Å². The van der Waals surface area contributed by atoms with Crippen LogP contribution >= 0.6 is 24.0 Å². The van der Waals surface area contributed by atoms with E-state index in [9.17, 15) is 0 Å². The van der Waals surface area contributed by atoms with Crippen LogP contribution in [0.3, 0.4) is 0 Å². The lowest BCUT2D eigenvalue weighted by Crippen LogP contribution is -2.40. The van der Waals surface area contributed by atoms with Gasteiger partial charge in [-0.3, -0.25) is 4.99 Å². The van der Waals surface area contributed by atoms with Crippen LogP contribution in [0.25, 0.3) is 0 Å². The summed E-state index contributed by atoms with van der Waals surface area (Å²) in [6.07, 6.45) is 3.60. The van der Waals surface area contributed by atoms with Crippen molar-refractivity contribution >= 4 is 29.9 Å². The first kappa shape index (κ1) is 25.2. The molecule has 28 heavy (non-hydrogen) atoms. The second-order valence-corrected chi connectivity index (χ2v) is 7.31. The fraction of sp³-hybridized carbons (Fsp3) is 0.682. The largest absolute Gasteiger partial charge is 0.376 e. The van der Waals surface area contributed by atoms with Crippen LogP contribution in [0.2, 0.25) is 0 Å². The maximum atomic E-state index is 5.93. The Morgan fingerprint density at radius 2 is 1.96 bits per heavy atom. The smallest absolute Gasteiger partial charge is 0.193 e. The zero-order valence-electron chi connectivity index (χ0n) is 17.9. The van der Waals surface area contributed by atoms with E-state index in [1.165, 1.54) is 31.4 Å². The van der Waals surface area contributed by atoms with Gasteiger partial charge in [-0.1, -0.05) is 44.2 Å². The van der Waals surface area contributed by atoms with Crippen molar-refractivity contribution in [1.29, 1.82) is 0 Å². The number of hydrogen-bond donors (Lipinski definition) is 1. The van der Waals surface area contributed by atoms with Gasteiger partial charge in [-0.15, -0.1) is 24.0 Å². The van der Waals surface area contributed by atoms with Crippen molar-refractivity contribution in [1.82, 2.24) is 15.1 Å². The molecule has 2 rings (SSSR count). The summed E-state index contributed by atoms with van der Waals surface area (Å²) in [4.78, 5) is 9.34. The highest BCUT2D eigenvalue weighted by molar-refractivity contribution is 14.0. The lowest BCUT2D eigenvalue weighted by Gasteiger charge is -2.22. The van der Waals surface area contributed by atoms with Crippen molar-refractivity contribution in [3.05, 3.63) is 35.9 Å². The zero-order valence-corrected chi connectivity index (χ0v) is 20.2. The number of benzene rings is 1. The van der Waals surface area contributed by atoms with Crippen molar-refractivity contribution in [3.8, 4) is 0 Å². The van der Waals surface area contributed by atoms with Gasteiger partial charge in [0.05, 0.1) is 13.2 Å². The summed E-state index contributed by atoms with van der Waals surface area (Å²) in [6.45, 7) is 12.6. The van der Waals surface area contributed by atoms with Gasteiger partial charge in [-0.05, 0) is 44.5 Å². The first-order valence-corrected chi connectivity index (χ1v) is 10.6. The lowest BCUT2D eigenvalue weighted by atomic mass is 10.1. The molecule has 1 aliphatic rings. The van der Waals surface area contributed by atoms with E-state index in [4.69, 9.17) is 4.74 Å². The average Bonchev–Trinajstić information content (AvgIpc) is 3.17. The molecule has 0 aliphatic carbocycles. The Bertz CT molecular complexity index is 537. The van der Waals surface area contributed by atoms with E-state index in [0.717, 1.165) is 45.3 Å². The molecule has 1 atom stereocenters. The normalized spacial score (nSPS) is 17.1. The van der Waals surface area contributed by atoms with Crippen LogP contribution in [-0.2, 0) is 11.3 Å². The van der Waals surface area contributed by atoms with Gasteiger partial charge in [0.2, 0.25) is 0 Å². The molecular weight excluding hydrogens is 463 g/mol. The summed E-state index contributed by atoms with van der Waals surface area (Å²) in [5.41, 5.74) is 1.24. The Morgan fingerprint density at radius 1 is 1.21 bits per heavy atom. The highest BCUT2D eigenvalue weighted by Gasteiger charge is 2.24. The van der Waals surface area contributed by atoms with Crippen LogP contribution in [0.1, 0.15) is 38.7 Å². The van der Waals surface area contributed by atoms with Gasteiger partial charge in [-0.25, -0.2) is 0 Å². The van der Waals surface area contributed by atoms with Crippen molar-refractivity contribution in [3.63, 3.8) is 0 Å². The minimum Gasteiger partial charge on any atom is -0.376 e. The Labute approximate surface area is 188 Å². The Hall–Kier alpha value is -0.860. The van der Waals surface area contributed by atoms with E-state index in [2.05, 4.69) is 58.2 Å². The standard InChI is InChI=1S/C22H38N4O.HI/c1-4-25(5-2)15-10-9-14-24-22(23-3)26-16-13-21(17-26)19-27-18-20-11-7-6-8-12-20;/h6-8,11-12,21H,4-5,9-10,13-19H2,1-3H3,(H,23,24);1H. The summed E-state index contributed by atoms with van der Waals surface area (Å²) in [5, 5.41) is 3.54. The summed E-state index contributed by atoms with van der Waals surface area (Å²) < 4.78 is 5.93. The number of unbranched alkanes of at least 4 members (excludes halogenated alkanes) is 1. The molecular formula is C22H39IN4O. The zero-order chi connectivity index (χ0) is 19.3. The number of guanidine groups is 1. The quantitative estimate of drug-likeness (QED) is 0.216. The third kappa shape index (κ3) is 9.09. The number of nitrogens with zero attached hydrogens (tertiary/aromatic N) is 3. The van der Waals surface area contributed by atoms with Crippen LogP contribution in [0, 0.1) is 5.92 Å². The number of aliphatic imine (C=N–C) groups is 1. The molecule has 1 saturated heterocycles. The number of halogens is 1. The predicted octanol–water partition coefficient (Wildman–Crippen LogP) is 3.84. The van der Waals surface area contributed by atoms with E-state index >= 15 is 0 Å². The Kier molecular flexibility index (Phi) is 13.5. The lowest BCUT2D eigenvalue weighted by molar-refractivity contribution is 0.0907. The molecule has 160 valence electrons. The first-order chi connectivity index (χ1) is 13.3. The maximum absolute atomic E-state index is 5.93. The number of hydrogen-bond acceptors (Lipinski definition) is 3. The van der Waals surface area contributed by atoms with E-state index in [0.29, 0.717) is 12.5 Å². The number of nitrogens with one attached hydrogen (secondary N) is 1. The average molecular weight is 502 g/mol. The van der Waals surface area contributed by atoms with Crippen molar-refractivity contribution in [2.24, 2.45) is 10.9 Å². The van der Waals surface area contributed by atoms with Gasteiger partial charge in [-0.2, -0.15) is 0 Å². The number of ether oxygens (including phenoxy) is 1. The van der Waals surface area contributed by atoms with Crippen LogP contribution in [0.4, 0.5) is 0 Å². The molecule has 5 nitrogen and oxygen atoms in total. The van der Waals surface area contributed by atoms with Crippen molar-refractivity contribution in [2.45, 2.75) is 39.7 Å². The topological polar surface area (TPSA) is 40.1 Å².